The molecule has 1 aromatic carbocycles. The highest BCUT2D eigenvalue weighted by atomic mass is 35.5. The van der Waals surface area contributed by atoms with E-state index in [-0.39, 0.29) is 41.2 Å². The monoisotopic (exact) mass is 366 g/mol. The fourth-order valence-corrected chi connectivity index (χ4v) is 3.15. The minimum atomic E-state index is -3.73. The Morgan fingerprint density at radius 3 is 2.48 bits per heavy atom. The molecule has 0 aromatic heterocycles. The lowest BCUT2D eigenvalue weighted by atomic mass is 10.2. The molecule has 9 heteroatoms. The van der Waals surface area contributed by atoms with Gasteiger partial charge in [0, 0.05) is 12.6 Å². The first-order valence-electron chi connectivity index (χ1n) is 6.85. The quantitative estimate of drug-likeness (QED) is 0.671. The third-order valence-corrected chi connectivity index (χ3v) is 4.47. The predicted molar refractivity (Wildman–Crippen MR) is 89.9 cm³/mol. The molecular weight excluding hydrogens is 344 g/mol. The summed E-state index contributed by atoms with van der Waals surface area (Å²) in [4.78, 5) is 11.5. The molecule has 0 saturated heterocycles. The first-order valence-corrected chi connectivity index (χ1v) is 8.33. The van der Waals surface area contributed by atoms with Crippen LogP contribution in [-0.2, 0) is 14.8 Å². The number of nitrogens with one attached hydrogen (secondary N) is 2. The molecule has 0 unspecified atom stereocenters. The number of hydrogen-bond acceptors (Lipinski definition) is 6. The van der Waals surface area contributed by atoms with Gasteiger partial charge in [0.2, 0.25) is 10.0 Å². The standard InChI is InChI=1S/C14H22N2O5S.ClH/c1-5-15-10(2)9-16-22(18,19)13-7-6-11(14(17)21-4)8-12(13)20-3;/h6-8,10,15-16H,5,9H2,1-4H3;1H/t10-;/m1./s1. The van der Waals surface area contributed by atoms with E-state index < -0.39 is 16.0 Å². The van der Waals surface area contributed by atoms with Gasteiger partial charge >= 0.3 is 5.97 Å². The molecule has 132 valence electrons. The van der Waals surface area contributed by atoms with E-state index in [0.29, 0.717) is 0 Å². The molecule has 0 amide bonds. The van der Waals surface area contributed by atoms with E-state index in [1.54, 1.807) is 0 Å². The van der Waals surface area contributed by atoms with Crippen LogP contribution in [-0.4, -0.2) is 47.7 Å². The predicted octanol–water partition coefficient (Wildman–Crippen LogP) is 1.18. The summed E-state index contributed by atoms with van der Waals surface area (Å²) in [6.45, 7) is 4.82. The molecule has 1 atom stereocenters. The van der Waals surface area contributed by atoms with Crippen LogP contribution in [0.2, 0.25) is 0 Å². The number of ether oxygens (including phenoxy) is 2. The van der Waals surface area contributed by atoms with Crippen LogP contribution in [0.3, 0.4) is 0 Å². The average molecular weight is 367 g/mol. The van der Waals surface area contributed by atoms with Crippen LogP contribution >= 0.6 is 12.4 Å². The average Bonchev–Trinajstić information content (AvgIpc) is 2.51. The van der Waals surface area contributed by atoms with Crippen molar-refractivity contribution < 1.29 is 22.7 Å². The number of methoxy groups -OCH3 is 2. The lowest BCUT2D eigenvalue weighted by Gasteiger charge is -2.15. The Kier molecular flexibility index (Phi) is 9.14. The van der Waals surface area contributed by atoms with Gasteiger partial charge in [-0.3, -0.25) is 0 Å². The molecule has 0 fully saturated rings. The van der Waals surface area contributed by atoms with Gasteiger partial charge < -0.3 is 14.8 Å². The Morgan fingerprint density at radius 1 is 1.30 bits per heavy atom. The van der Waals surface area contributed by atoms with Crippen molar-refractivity contribution in [2.75, 3.05) is 27.3 Å². The summed E-state index contributed by atoms with van der Waals surface area (Å²) in [7, 11) is -1.14. The molecule has 0 saturated carbocycles. The van der Waals surface area contributed by atoms with E-state index in [4.69, 9.17) is 4.74 Å². The summed E-state index contributed by atoms with van der Waals surface area (Å²) in [6.07, 6.45) is 0. The minimum absolute atomic E-state index is 0. The van der Waals surface area contributed by atoms with Gasteiger partial charge in [0.25, 0.3) is 0 Å². The van der Waals surface area contributed by atoms with Crippen molar-refractivity contribution in [3.05, 3.63) is 23.8 Å². The van der Waals surface area contributed by atoms with Crippen molar-refractivity contribution in [1.29, 1.82) is 0 Å². The van der Waals surface area contributed by atoms with E-state index >= 15 is 0 Å². The lowest BCUT2D eigenvalue weighted by molar-refractivity contribution is 0.0600. The summed E-state index contributed by atoms with van der Waals surface area (Å²) in [6, 6.07) is 4.05. The molecule has 1 rings (SSSR count). The van der Waals surface area contributed by atoms with Gasteiger partial charge in [-0.25, -0.2) is 17.9 Å². The van der Waals surface area contributed by atoms with Crippen molar-refractivity contribution in [2.45, 2.75) is 24.8 Å². The molecule has 2 N–H and O–H groups in total. The fraction of sp³-hybridized carbons (Fsp3) is 0.500. The van der Waals surface area contributed by atoms with Crippen LogP contribution in [0.4, 0.5) is 0 Å². The summed E-state index contributed by atoms with van der Waals surface area (Å²) < 4.78 is 36.9. The fourth-order valence-electron chi connectivity index (χ4n) is 1.87. The second-order valence-electron chi connectivity index (χ2n) is 4.67. The largest absolute Gasteiger partial charge is 0.495 e. The Hall–Kier alpha value is -1.35. The molecular formula is C14H23ClN2O5S. The smallest absolute Gasteiger partial charge is 0.337 e. The number of esters is 1. The van der Waals surface area contributed by atoms with Crippen LogP contribution in [0, 0.1) is 0 Å². The number of sulfonamides is 1. The summed E-state index contributed by atoms with van der Waals surface area (Å²) in [5.74, 6) is -0.470. The second kappa shape index (κ2) is 9.71. The normalized spacial score (nSPS) is 12.2. The zero-order chi connectivity index (χ0) is 16.8. The summed E-state index contributed by atoms with van der Waals surface area (Å²) in [5, 5.41) is 3.11. The number of rotatable bonds is 8. The van der Waals surface area contributed by atoms with Gasteiger partial charge in [0.15, 0.2) is 0 Å². The van der Waals surface area contributed by atoms with Gasteiger partial charge in [0.05, 0.1) is 19.8 Å². The third kappa shape index (κ3) is 5.98. The van der Waals surface area contributed by atoms with Crippen LogP contribution in [0.1, 0.15) is 24.2 Å². The van der Waals surface area contributed by atoms with Gasteiger partial charge in [-0.2, -0.15) is 0 Å². The van der Waals surface area contributed by atoms with E-state index in [9.17, 15) is 13.2 Å². The topological polar surface area (TPSA) is 93.7 Å². The Labute approximate surface area is 143 Å². The molecule has 23 heavy (non-hydrogen) atoms. The third-order valence-electron chi connectivity index (χ3n) is 3.01. The van der Waals surface area contributed by atoms with Crippen LogP contribution in [0.5, 0.6) is 5.75 Å². The summed E-state index contributed by atoms with van der Waals surface area (Å²) >= 11 is 0. The highest BCUT2D eigenvalue weighted by molar-refractivity contribution is 7.89. The number of carbonyl (C=O) groups excluding carboxylic acids is 1. The zero-order valence-corrected chi connectivity index (χ0v) is 15.2. The van der Waals surface area contributed by atoms with E-state index in [0.717, 1.165) is 6.54 Å². The number of carbonyl (C=O) groups is 1. The molecule has 0 heterocycles. The molecule has 0 bridgehead atoms. The van der Waals surface area contributed by atoms with Gasteiger partial charge in [-0.15, -0.1) is 12.4 Å². The van der Waals surface area contributed by atoms with Gasteiger partial charge in [0.1, 0.15) is 10.6 Å². The Morgan fingerprint density at radius 2 is 1.96 bits per heavy atom. The van der Waals surface area contributed by atoms with E-state index in [1.165, 1.54) is 32.4 Å². The Balaban J connectivity index is 0.00000484. The maximum absolute atomic E-state index is 12.3. The number of benzene rings is 1. The lowest BCUT2D eigenvalue weighted by Crippen LogP contribution is -2.38. The van der Waals surface area contributed by atoms with E-state index in [2.05, 4.69) is 14.8 Å². The highest BCUT2D eigenvalue weighted by Gasteiger charge is 2.21. The zero-order valence-electron chi connectivity index (χ0n) is 13.6. The van der Waals surface area contributed by atoms with Gasteiger partial charge in [-0.05, 0) is 31.7 Å². The molecule has 0 aliphatic rings. The van der Waals surface area contributed by atoms with Crippen molar-refractivity contribution in [3.63, 3.8) is 0 Å². The maximum Gasteiger partial charge on any atom is 0.337 e. The van der Waals surface area contributed by atoms with Crippen molar-refractivity contribution in [3.8, 4) is 5.75 Å². The minimum Gasteiger partial charge on any atom is -0.495 e. The van der Waals surface area contributed by atoms with Crippen molar-refractivity contribution in [2.24, 2.45) is 0 Å². The number of likely N-dealkylation sites (N-methyl/N-ethyl adjacent to an activating group) is 1. The van der Waals surface area contributed by atoms with Crippen molar-refractivity contribution in [1.82, 2.24) is 10.0 Å². The maximum atomic E-state index is 12.3. The molecule has 0 aliphatic carbocycles. The molecule has 0 aliphatic heterocycles. The van der Waals surface area contributed by atoms with Gasteiger partial charge in [-0.1, -0.05) is 6.92 Å². The molecule has 0 spiro atoms. The molecule has 1 aromatic rings. The SMILES string of the molecule is CCN[C@H](C)CNS(=O)(=O)c1ccc(C(=O)OC)cc1OC.Cl. The van der Waals surface area contributed by atoms with Crippen LogP contribution in [0.15, 0.2) is 23.1 Å². The van der Waals surface area contributed by atoms with Crippen LogP contribution in [0.25, 0.3) is 0 Å². The van der Waals surface area contributed by atoms with Crippen molar-refractivity contribution >= 4 is 28.4 Å². The first-order chi connectivity index (χ1) is 10.4. The Bertz CT molecular complexity index is 622. The number of hydrogen-bond donors (Lipinski definition) is 2. The van der Waals surface area contributed by atoms with E-state index in [1.807, 2.05) is 13.8 Å². The summed E-state index contributed by atoms with van der Waals surface area (Å²) in [5.41, 5.74) is 0.222. The highest BCUT2D eigenvalue weighted by Crippen LogP contribution is 2.25. The van der Waals surface area contributed by atoms with Crippen LogP contribution < -0.4 is 14.8 Å². The second-order valence-corrected chi connectivity index (χ2v) is 6.40. The molecule has 7 nitrogen and oxygen atoms in total. The first kappa shape index (κ1) is 21.6. The molecule has 0 radical (unpaired) electrons. The number of halogens is 1.